The SMILES string of the molecule is Nc1nc(NC(=S)S)n[nH]1. The van der Waals surface area contributed by atoms with Gasteiger partial charge in [0.25, 0.3) is 0 Å². The maximum Gasteiger partial charge on any atom is 0.249 e. The highest BCUT2D eigenvalue weighted by Crippen LogP contribution is 1.99. The predicted molar refractivity (Wildman–Crippen MR) is 46.0 cm³/mol. The van der Waals surface area contributed by atoms with E-state index in [0.29, 0.717) is 10.3 Å². The second kappa shape index (κ2) is 2.84. The van der Waals surface area contributed by atoms with Crippen molar-refractivity contribution in [1.29, 1.82) is 0 Å². The average molecular weight is 175 g/mol. The summed E-state index contributed by atoms with van der Waals surface area (Å²) in [5.74, 6) is 0.574. The van der Waals surface area contributed by atoms with Crippen molar-refractivity contribution in [1.82, 2.24) is 15.2 Å². The third-order valence-electron chi connectivity index (χ3n) is 0.721. The number of nitrogen functional groups attached to an aromatic ring is 1. The van der Waals surface area contributed by atoms with Gasteiger partial charge >= 0.3 is 0 Å². The maximum absolute atomic E-state index is 5.22. The Balaban J connectivity index is 2.67. The highest BCUT2D eigenvalue weighted by molar-refractivity contribution is 8.11. The van der Waals surface area contributed by atoms with E-state index in [1.807, 2.05) is 0 Å². The summed E-state index contributed by atoms with van der Waals surface area (Å²) in [5, 5.41) is 8.67. The Bertz CT molecular complexity index is 243. The number of nitrogens with one attached hydrogen (secondary N) is 2. The van der Waals surface area contributed by atoms with Crippen molar-refractivity contribution < 1.29 is 0 Å². The van der Waals surface area contributed by atoms with Gasteiger partial charge in [-0.2, -0.15) is 4.98 Å². The Labute approximate surface area is 67.8 Å². The van der Waals surface area contributed by atoms with Crippen molar-refractivity contribution in [2.75, 3.05) is 11.1 Å². The summed E-state index contributed by atoms with van der Waals surface area (Å²) in [5.41, 5.74) is 5.22. The fourth-order valence-electron chi connectivity index (χ4n) is 0.426. The van der Waals surface area contributed by atoms with Crippen LogP contribution in [0.2, 0.25) is 0 Å². The molecule has 1 rings (SSSR count). The number of rotatable bonds is 1. The molecule has 0 aromatic carbocycles. The second-order valence-corrected chi connectivity index (χ2v) is 2.63. The first-order valence-electron chi connectivity index (χ1n) is 2.36. The highest BCUT2D eigenvalue weighted by Gasteiger charge is 1.97. The van der Waals surface area contributed by atoms with E-state index in [2.05, 4.69) is 45.3 Å². The number of nitrogens with two attached hydrogens (primary N) is 1. The normalized spacial score (nSPS) is 9.30. The van der Waals surface area contributed by atoms with Gasteiger partial charge in [-0.25, -0.2) is 5.10 Å². The molecule has 0 saturated heterocycles. The zero-order valence-corrected chi connectivity index (χ0v) is 6.54. The van der Waals surface area contributed by atoms with Gasteiger partial charge in [0.1, 0.15) is 4.32 Å². The van der Waals surface area contributed by atoms with Gasteiger partial charge in [0, 0.05) is 0 Å². The summed E-state index contributed by atoms with van der Waals surface area (Å²) in [6, 6.07) is 0. The molecule has 10 heavy (non-hydrogen) atoms. The largest absolute Gasteiger partial charge is 0.368 e. The van der Waals surface area contributed by atoms with E-state index in [4.69, 9.17) is 5.73 Å². The third-order valence-corrected chi connectivity index (χ3v) is 0.935. The van der Waals surface area contributed by atoms with Crippen molar-refractivity contribution in [3.63, 3.8) is 0 Å². The van der Waals surface area contributed by atoms with Crippen LogP contribution in [0.4, 0.5) is 11.9 Å². The van der Waals surface area contributed by atoms with Crippen LogP contribution in [0, 0.1) is 0 Å². The summed E-state index contributed by atoms with van der Waals surface area (Å²) in [4.78, 5) is 3.71. The molecular weight excluding hydrogens is 170 g/mol. The molecule has 7 heteroatoms. The molecule has 1 aromatic heterocycles. The Morgan fingerprint density at radius 2 is 2.50 bits per heavy atom. The minimum absolute atomic E-state index is 0.243. The lowest BCUT2D eigenvalue weighted by Crippen LogP contribution is -2.02. The molecule has 54 valence electrons. The highest BCUT2D eigenvalue weighted by atomic mass is 32.1. The van der Waals surface area contributed by atoms with Crippen LogP contribution in [0.5, 0.6) is 0 Å². The molecule has 5 nitrogen and oxygen atoms in total. The number of hydrogen-bond donors (Lipinski definition) is 4. The zero-order valence-electron chi connectivity index (χ0n) is 4.83. The van der Waals surface area contributed by atoms with Crippen molar-refractivity contribution in [3.8, 4) is 0 Å². The Morgan fingerprint density at radius 1 is 1.80 bits per heavy atom. The molecule has 0 radical (unpaired) electrons. The molecule has 0 aliphatic rings. The van der Waals surface area contributed by atoms with E-state index in [1.165, 1.54) is 0 Å². The van der Waals surface area contributed by atoms with Crippen LogP contribution >= 0.6 is 24.8 Å². The van der Waals surface area contributed by atoms with Gasteiger partial charge in [-0.15, -0.1) is 17.7 Å². The van der Waals surface area contributed by atoms with Crippen molar-refractivity contribution in [2.24, 2.45) is 0 Å². The molecule has 0 fully saturated rings. The van der Waals surface area contributed by atoms with E-state index in [1.54, 1.807) is 0 Å². The second-order valence-electron chi connectivity index (χ2n) is 1.47. The Kier molecular flexibility index (Phi) is 2.07. The summed E-state index contributed by atoms with van der Waals surface area (Å²) >= 11 is 8.41. The van der Waals surface area contributed by atoms with Crippen LogP contribution in [-0.2, 0) is 0 Å². The van der Waals surface area contributed by atoms with Crippen LogP contribution in [0.25, 0.3) is 0 Å². The van der Waals surface area contributed by atoms with Crippen molar-refractivity contribution in [2.45, 2.75) is 0 Å². The fourth-order valence-corrected chi connectivity index (χ4v) is 0.617. The lowest BCUT2D eigenvalue weighted by molar-refractivity contribution is 1.10. The number of thiocarbonyl (C=S) groups is 1. The quantitative estimate of drug-likeness (QED) is 0.357. The summed E-state index contributed by atoms with van der Waals surface area (Å²) < 4.78 is 0.305. The third kappa shape index (κ3) is 1.85. The van der Waals surface area contributed by atoms with E-state index < -0.39 is 0 Å². The molecule has 4 N–H and O–H groups in total. The molecule has 0 atom stereocenters. The summed E-state index contributed by atoms with van der Waals surface area (Å²) in [6.45, 7) is 0. The maximum atomic E-state index is 5.22. The minimum Gasteiger partial charge on any atom is -0.368 e. The van der Waals surface area contributed by atoms with Crippen LogP contribution in [-0.4, -0.2) is 19.5 Å². The van der Waals surface area contributed by atoms with E-state index >= 15 is 0 Å². The van der Waals surface area contributed by atoms with E-state index in [9.17, 15) is 0 Å². The van der Waals surface area contributed by atoms with Gasteiger partial charge in [0.15, 0.2) is 0 Å². The topological polar surface area (TPSA) is 79.6 Å². The summed E-state index contributed by atoms with van der Waals surface area (Å²) in [7, 11) is 0. The number of thiol groups is 1. The lowest BCUT2D eigenvalue weighted by Gasteiger charge is -1.91. The van der Waals surface area contributed by atoms with Crippen molar-refractivity contribution >= 4 is 41.1 Å². The van der Waals surface area contributed by atoms with Gasteiger partial charge < -0.3 is 11.1 Å². The van der Waals surface area contributed by atoms with Crippen LogP contribution in [0.1, 0.15) is 0 Å². The standard InChI is InChI=1S/C3H5N5S2/c4-1-5-2(8-7-1)6-3(9)10/h(H5,4,5,6,7,8,9,10). The average Bonchev–Trinajstić information content (AvgIpc) is 2.13. The first-order chi connectivity index (χ1) is 4.68. The smallest absolute Gasteiger partial charge is 0.249 e. The van der Waals surface area contributed by atoms with Gasteiger partial charge in [0.2, 0.25) is 11.9 Å². The predicted octanol–water partition coefficient (Wildman–Crippen LogP) is 0.0135. The molecular formula is C3H5N5S2. The Hall–Kier alpha value is -0.820. The Morgan fingerprint density at radius 3 is 2.90 bits per heavy atom. The monoisotopic (exact) mass is 175 g/mol. The molecule has 0 bridgehead atoms. The van der Waals surface area contributed by atoms with E-state index in [-0.39, 0.29) is 5.95 Å². The molecule has 0 aliphatic heterocycles. The van der Waals surface area contributed by atoms with Crippen LogP contribution < -0.4 is 11.1 Å². The van der Waals surface area contributed by atoms with Crippen LogP contribution in [0.3, 0.4) is 0 Å². The van der Waals surface area contributed by atoms with Crippen molar-refractivity contribution in [3.05, 3.63) is 0 Å². The number of nitrogens with zero attached hydrogens (tertiary/aromatic N) is 2. The number of aromatic amines is 1. The number of hydrogen-bond acceptors (Lipinski definition) is 4. The van der Waals surface area contributed by atoms with E-state index in [0.717, 1.165) is 0 Å². The van der Waals surface area contributed by atoms with Crippen LogP contribution in [0.15, 0.2) is 0 Å². The van der Waals surface area contributed by atoms with Gasteiger partial charge in [-0.1, -0.05) is 12.2 Å². The molecule has 0 aliphatic carbocycles. The summed E-state index contributed by atoms with van der Waals surface area (Å²) in [6.07, 6.45) is 0. The zero-order chi connectivity index (χ0) is 7.56. The number of anilines is 2. The number of H-pyrrole nitrogens is 1. The number of aromatic nitrogens is 3. The van der Waals surface area contributed by atoms with Gasteiger partial charge in [-0.05, 0) is 0 Å². The van der Waals surface area contributed by atoms with Gasteiger partial charge in [0.05, 0.1) is 0 Å². The molecule has 1 heterocycles. The lowest BCUT2D eigenvalue weighted by atomic mass is 11.0. The van der Waals surface area contributed by atoms with Gasteiger partial charge in [-0.3, -0.25) is 0 Å². The first kappa shape index (κ1) is 7.29. The minimum atomic E-state index is 0.243. The fraction of sp³-hybridized carbons (Fsp3) is 0. The first-order valence-corrected chi connectivity index (χ1v) is 3.22. The molecule has 0 spiro atoms. The molecule has 0 amide bonds. The molecule has 1 aromatic rings. The molecule has 0 unspecified atom stereocenters. The molecule has 0 saturated carbocycles.